The standard InChI is InChI=1S/C10H10N2O3/c1-5-6-3-8(13)12-9(6)11-4-7(5)10(14)15-2/h4H,3H2,1-2H3,(H,11,12,13). The Hall–Kier alpha value is -1.91. The average molecular weight is 206 g/mol. The molecule has 1 aliphatic rings. The van der Waals surface area contributed by atoms with E-state index in [9.17, 15) is 9.59 Å². The normalized spacial score (nSPS) is 13.3. The smallest absolute Gasteiger partial charge is 0.339 e. The molecule has 0 saturated carbocycles. The fourth-order valence-corrected chi connectivity index (χ4v) is 1.62. The molecular formula is C10H10N2O3. The van der Waals surface area contributed by atoms with Gasteiger partial charge in [0.25, 0.3) is 0 Å². The van der Waals surface area contributed by atoms with Crippen molar-refractivity contribution in [2.45, 2.75) is 13.3 Å². The lowest BCUT2D eigenvalue weighted by Gasteiger charge is -2.06. The van der Waals surface area contributed by atoms with Crippen LogP contribution in [0.3, 0.4) is 0 Å². The molecule has 5 nitrogen and oxygen atoms in total. The van der Waals surface area contributed by atoms with Crippen LogP contribution in [0.2, 0.25) is 0 Å². The Bertz CT molecular complexity index is 454. The van der Waals surface area contributed by atoms with Gasteiger partial charge in [0.2, 0.25) is 5.91 Å². The number of amides is 1. The van der Waals surface area contributed by atoms with Crippen LogP contribution in [0.25, 0.3) is 0 Å². The molecular weight excluding hydrogens is 196 g/mol. The summed E-state index contributed by atoms with van der Waals surface area (Å²) in [7, 11) is 1.32. The summed E-state index contributed by atoms with van der Waals surface area (Å²) in [5.74, 6) is 0.0231. The van der Waals surface area contributed by atoms with Crippen molar-refractivity contribution < 1.29 is 14.3 Å². The first-order chi connectivity index (χ1) is 7.13. The van der Waals surface area contributed by atoms with E-state index < -0.39 is 5.97 Å². The molecule has 2 heterocycles. The highest BCUT2D eigenvalue weighted by Gasteiger charge is 2.24. The summed E-state index contributed by atoms with van der Waals surface area (Å²) in [5, 5.41) is 2.62. The summed E-state index contributed by atoms with van der Waals surface area (Å²) in [6, 6.07) is 0. The molecule has 1 amide bonds. The largest absolute Gasteiger partial charge is 0.465 e. The summed E-state index contributed by atoms with van der Waals surface area (Å²) in [5.41, 5.74) is 1.95. The first-order valence-corrected chi connectivity index (χ1v) is 4.50. The van der Waals surface area contributed by atoms with Crippen molar-refractivity contribution in [2.75, 3.05) is 12.4 Å². The second kappa shape index (κ2) is 3.34. The molecule has 1 aliphatic heterocycles. The van der Waals surface area contributed by atoms with Crippen molar-refractivity contribution >= 4 is 17.7 Å². The SMILES string of the molecule is COC(=O)c1cnc2c(c1C)CC(=O)N2. The third kappa shape index (κ3) is 1.45. The van der Waals surface area contributed by atoms with Gasteiger partial charge < -0.3 is 10.1 Å². The van der Waals surface area contributed by atoms with Gasteiger partial charge in [-0.3, -0.25) is 4.79 Å². The number of esters is 1. The number of anilines is 1. The third-order valence-corrected chi connectivity index (χ3v) is 2.47. The molecule has 0 spiro atoms. The number of aromatic nitrogens is 1. The van der Waals surface area contributed by atoms with Crippen molar-refractivity contribution in [3.63, 3.8) is 0 Å². The first-order valence-electron chi connectivity index (χ1n) is 4.50. The minimum absolute atomic E-state index is 0.0948. The van der Waals surface area contributed by atoms with Crippen LogP contribution >= 0.6 is 0 Å². The van der Waals surface area contributed by atoms with Gasteiger partial charge in [-0.05, 0) is 12.5 Å². The minimum Gasteiger partial charge on any atom is -0.465 e. The van der Waals surface area contributed by atoms with Crippen LogP contribution in [0.4, 0.5) is 5.82 Å². The Morgan fingerprint density at radius 2 is 2.33 bits per heavy atom. The van der Waals surface area contributed by atoms with Crippen LogP contribution in [0.15, 0.2) is 6.20 Å². The summed E-state index contributed by atoms with van der Waals surface area (Å²) in [6.45, 7) is 1.78. The predicted octanol–water partition coefficient (Wildman–Crippen LogP) is 0.671. The molecule has 0 unspecified atom stereocenters. The molecule has 5 heteroatoms. The summed E-state index contributed by atoms with van der Waals surface area (Å²) in [6.07, 6.45) is 1.70. The highest BCUT2D eigenvalue weighted by molar-refractivity contribution is 6.00. The van der Waals surface area contributed by atoms with Crippen LogP contribution < -0.4 is 5.32 Å². The molecule has 0 radical (unpaired) electrons. The quantitative estimate of drug-likeness (QED) is 0.686. The minimum atomic E-state index is -0.429. The maximum absolute atomic E-state index is 11.3. The van der Waals surface area contributed by atoms with Gasteiger partial charge in [0.05, 0.1) is 19.1 Å². The third-order valence-electron chi connectivity index (χ3n) is 2.47. The van der Waals surface area contributed by atoms with Crippen molar-refractivity contribution in [3.05, 3.63) is 22.9 Å². The van der Waals surface area contributed by atoms with E-state index in [1.165, 1.54) is 13.3 Å². The van der Waals surface area contributed by atoms with Gasteiger partial charge in [0.15, 0.2) is 0 Å². The van der Waals surface area contributed by atoms with Gasteiger partial charge >= 0.3 is 5.97 Å². The maximum atomic E-state index is 11.3. The van der Waals surface area contributed by atoms with Crippen LogP contribution in [0.1, 0.15) is 21.5 Å². The molecule has 0 atom stereocenters. The Kier molecular flexibility index (Phi) is 2.15. The summed E-state index contributed by atoms with van der Waals surface area (Å²) in [4.78, 5) is 26.5. The zero-order valence-electron chi connectivity index (χ0n) is 8.46. The number of rotatable bonds is 1. The van der Waals surface area contributed by atoms with Crippen LogP contribution in [-0.4, -0.2) is 24.0 Å². The van der Waals surface area contributed by atoms with Crippen molar-refractivity contribution in [1.29, 1.82) is 0 Å². The lowest BCUT2D eigenvalue weighted by Crippen LogP contribution is -2.06. The Labute approximate surface area is 86.5 Å². The number of carbonyl (C=O) groups is 2. The Morgan fingerprint density at radius 3 is 3.00 bits per heavy atom. The van der Waals surface area contributed by atoms with Gasteiger partial charge in [0, 0.05) is 11.8 Å². The number of hydrogen-bond donors (Lipinski definition) is 1. The zero-order valence-corrected chi connectivity index (χ0v) is 8.46. The molecule has 2 rings (SSSR count). The van der Waals surface area contributed by atoms with E-state index in [2.05, 4.69) is 15.0 Å². The van der Waals surface area contributed by atoms with Gasteiger partial charge in [-0.25, -0.2) is 9.78 Å². The van der Waals surface area contributed by atoms with E-state index >= 15 is 0 Å². The highest BCUT2D eigenvalue weighted by Crippen LogP contribution is 2.26. The van der Waals surface area contributed by atoms with Crippen LogP contribution in [0, 0.1) is 6.92 Å². The van der Waals surface area contributed by atoms with E-state index in [1.54, 1.807) is 6.92 Å². The number of hydrogen-bond acceptors (Lipinski definition) is 4. The molecule has 1 N–H and O–H groups in total. The van der Waals surface area contributed by atoms with E-state index in [0.717, 1.165) is 11.1 Å². The number of methoxy groups -OCH3 is 1. The van der Waals surface area contributed by atoms with Gasteiger partial charge in [-0.2, -0.15) is 0 Å². The summed E-state index contributed by atoms with van der Waals surface area (Å²) >= 11 is 0. The van der Waals surface area contributed by atoms with Crippen molar-refractivity contribution in [2.24, 2.45) is 0 Å². The molecule has 0 aliphatic carbocycles. The highest BCUT2D eigenvalue weighted by atomic mass is 16.5. The fourth-order valence-electron chi connectivity index (χ4n) is 1.62. The number of nitrogens with one attached hydrogen (secondary N) is 1. The Morgan fingerprint density at radius 1 is 1.60 bits per heavy atom. The number of fused-ring (bicyclic) bond motifs is 1. The number of ether oxygens (including phenoxy) is 1. The van der Waals surface area contributed by atoms with Crippen LogP contribution in [0.5, 0.6) is 0 Å². The van der Waals surface area contributed by atoms with Gasteiger partial charge in [-0.15, -0.1) is 0 Å². The maximum Gasteiger partial charge on any atom is 0.339 e. The molecule has 0 saturated heterocycles. The van der Waals surface area contributed by atoms with Crippen LogP contribution in [-0.2, 0) is 16.0 Å². The van der Waals surface area contributed by atoms with Gasteiger partial charge in [0.1, 0.15) is 5.82 Å². The monoisotopic (exact) mass is 206 g/mol. The molecule has 0 fully saturated rings. The number of carbonyl (C=O) groups excluding carboxylic acids is 2. The lowest BCUT2D eigenvalue weighted by molar-refractivity contribution is -0.115. The molecule has 0 bridgehead atoms. The Balaban J connectivity index is 2.51. The van der Waals surface area contributed by atoms with E-state index in [4.69, 9.17) is 0 Å². The molecule has 15 heavy (non-hydrogen) atoms. The predicted molar refractivity (Wildman–Crippen MR) is 52.6 cm³/mol. The topological polar surface area (TPSA) is 68.3 Å². The summed E-state index contributed by atoms with van der Waals surface area (Å²) < 4.78 is 4.62. The first kappa shape index (κ1) is 9.64. The second-order valence-corrected chi connectivity index (χ2v) is 3.34. The van der Waals surface area contributed by atoms with Gasteiger partial charge in [-0.1, -0.05) is 0 Å². The second-order valence-electron chi connectivity index (χ2n) is 3.34. The molecule has 1 aromatic heterocycles. The number of pyridine rings is 1. The van der Waals surface area contributed by atoms with E-state index in [-0.39, 0.29) is 12.3 Å². The molecule has 0 aromatic carbocycles. The average Bonchev–Trinajstić information content (AvgIpc) is 2.59. The fraction of sp³-hybridized carbons (Fsp3) is 0.300. The molecule has 78 valence electrons. The zero-order chi connectivity index (χ0) is 11.0. The molecule has 1 aromatic rings. The van der Waals surface area contributed by atoms with E-state index in [1.807, 2.05) is 0 Å². The van der Waals surface area contributed by atoms with E-state index in [0.29, 0.717) is 11.4 Å². The number of nitrogens with zero attached hydrogens (tertiary/aromatic N) is 1. The lowest BCUT2D eigenvalue weighted by atomic mass is 10.0. The van der Waals surface area contributed by atoms with Crippen molar-refractivity contribution in [3.8, 4) is 0 Å². The van der Waals surface area contributed by atoms with Crippen molar-refractivity contribution in [1.82, 2.24) is 4.98 Å².